The van der Waals surface area contributed by atoms with Crippen LogP contribution in [0.1, 0.15) is 5.82 Å². The van der Waals surface area contributed by atoms with E-state index in [9.17, 15) is 0 Å². The second-order valence-corrected chi connectivity index (χ2v) is 2.37. The van der Waals surface area contributed by atoms with Crippen LogP contribution in [-0.2, 0) is 6.54 Å². The Bertz CT molecular complexity index is 350. The van der Waals surface area contributed by atoms with E-state index in [1.54, 1.807) is 12.5 Å². The molecule has 62 valence electrons. The van der Waals surface area contributed by atoms with Gasteiger partial charge in [0.1, 0.15) is 5.82 Å². The lowest BCUT2D eigenvalue weighted by molar-refractivity contribution is 0.532. The molecule has 0 radical (unpaired) electrons. The first-order valence-electron chi connectivity index (χ1n) is 3.68. The Morgan fingerprint density at radius 2 is 2.50 bits per heavy atom. The Hall–Kier alpha value is -1.55. The summed E-state index contributed by atoms with van der Waals surface area (Å²) in [6.07, 6.45) is 5.14. The summed E-state index contributed by atoms with van der Waals surface area (Å²) in [4.78, 5) is 4.07. The van der Waals surface area contributed by atoms with Crippen LogP contribution in [0.2, 0.25) is 0 Å². The molecule has 2 heterocycles. The number of imidazole rings is 1. The van der Waals surface area contributed by atoms with Crippen molar-refractivity contribution in [2.75, 3.05) is 0 Å². The third kappa shape index (κ3) is 1.02. The van der Waals surface area contributed by atoms with Crippen molar-refractivity contribution in [3.8, 4) is 5.88 Å². The number of nitrogens with two attached hydrogens (primary N) is 1. The van der Waals surface area contributed by atoms with Gasteiger partial charge < -0.3 is 10.2 Å². The number of hydrogen-bond donors (Lipinski definition) is 1. The van der Waals surface area contributed by atoms with Crippen molar-refractivity contribution in [2.24, 2.45) is 5.73 Å². The molecule has 0 saturated carbocycles. The fraction of sp³-hybridized carbons (Fsp3) is 0.125. The summed E-state index contributed by atoms with van der Waals surface area (Å²) in [5.41, 5.74) is 5.48. The van der Waals surface area contributed by atoms with Crippen molar-refractivity contribution >= 4 is 0 Å². The smallest absolute Gasteiger partial charge is 0.204 e. The molecular weight excluding hydrogens is 154 g/mol. The van der Waals surface area contributed by atoms with E-state index in [0.29, 0.717) is 6.54 Å². The van der Waals surface area contributed by atoms with Gasteiger partial charge in [-0.15, -0.1) is 0 Å². The first-order valence-corrected chi connectivity index (χ1v) is 3.68. The summed E-state index contributed by atoms with van der Waals surface area (Å²) in [7, 11) is 0. The Morgan fingerprint density at radius 1 is 1.58 bits per heavy atom. The van der Waals surface area contributed by atoms with Gasteiger partial charge in [-0.2, -0.15) is 0 Å². The first kappa shape index (κ1) is 7.12. The molecule has 2 N–H and O–H groups in total. The first-order chi connectivity index (χ1) is 5.92. The standard InChI is InChI=1S/C8H9N3O/c9-6-7-10-3-4-11(7)8-2-1-5-12-8/h1-5H,6,9H2. The number of hydrogen-bond acceptors (Lipinski definition) is 3. The molecule has 0 fully saturated rings. The predicted molar refractivity (Wildman–Crippen MR) is 43.7 cm³/mol. The van der Waals surface area contributed by atoms with Gasteiger partial charge in [0.2, 0.25) is 5.88 Å². The third-order valence-electron chi connectivity index (χ3n) is 1.64. The highest BCUT2D eigenvalue weighted by atomic mass is 16.3. The molecule has 12 heavy (non-hydrogen) atoms. The minimum absolute atomic E-state index is 0.410. The van der Waals surface area contributed by atoms with Gasteiger partial charge >= 0.3 is 0 Å². The van der Waals surface area contributed by atoms with Crippen LogP contribution in [0.5, 0.6) is 0 Å². The molecule has 0 unspecified atom stereocenters. The molecule has 0 bridgehead atoms. The zero-order valence-corrected chi connectivity index (χ0v) is 6.47. The minimum atomic E-state index is 0.410. The Morgan fingerprint density at radius 3 is 3.17 bits per heavy atom. The summed E-state index contributed by atoms with van der Waals surface area (Å²) in [6, 6.07) is 3.69. The van der Waals surface area contributed by atoms with Gasteiger partial charge in [0, 0.05) is 18.5 Å². The average Bonchev–Trinajstić information content (AvgIpc) is 2.74. The highest BCUT2D eigenvalue weighted by Crippen LogP contribution is 2.09. The van der Waals surface area contributed by atoms with E-state index in [2.05, 4.69) is 4.98 Å². The molecule has 0 aromatic carbocycles. The quantitative estimate of drug-likeness (QED) is 0.716. The predicted octanol–water partition coefficient (Wildman–Crippen LogP) is 0.924. The molecular formula is C8H9N3O. The average molecular weight is 163 g/mol. The molecule has 0 aliphatic rings. The molecule has 0 saturated heterocycles. The molecule has 0 atom stereocenters. The maximum atomic E-state index is 5.48. The summed E-state index contributed by atoms with van der Waals surface area (Å²) in [6.45, 7) is 0.410. The fourth-order valence-corrected chi connectivity index (χ4v) is 1.09. The summed E-state index contributed by atoms with van der Waals surface area (Å²) >= 11 is 0. The van der Waals surface area contributed by atoms with Crippen molar-refractivity contribution in [1.82, 2.24) is 9.55 Å². The largest absolute Gasteiger partial charge is 0.448 e. The Kier molecular flexibility index (Phi) is 1.68. The van der Waals surface area contributed by atoms with Gasteiger partial charge in [-0.1, -0.05) is 0 Å². The lowest BCUT2D eigenvalue weighted by Crippen LogP contribution is -2.05. The van der Waals surface area contributed by atoms with Gasteiger partial charge in [-0.3, -0.25) is 4.57 Å². The van der Waals surface area contributed by atoms with Crippen LogP contribution in [0, 0.1) is 0 Å². The zero-order chi connectivity index (χ0) is 8.39. The lowest BCUT2D eigenvalue weighted by atomic mass is 10.5. The van der Waals surface area contributed by atoms with E-state index in [1.165, 1.54) is 0 Å². The maximum absolute atomic E-state index is 5.48. The summed E-state index contributed by atoms with van der Waals surface area (Å²) < 4.78 is 7.01. The van der Waals surface area contributed by atoms with Crippen molar-refractivity contribution < 1.29 is 4.42 Å². The van der Waals surface area contributed by atoms with Crippen LogP contribution in [0.25, 0.3) is 5.88 Å². The van der Waals surface area contributed by atoms with Crippen molar-refractivity contribution in [1.29, 1.82) is 0 Å². The normalized spacial score (nSPS) is 10.4. The minimum Gasteiger partial charge on any atom is -0.448 e. The molecule has 2 aromatic rings. The summed E-state index contributed by atoms with van der Waals surface area (Å²) in [5, 5.41) is 0. The number of furan rings is 1. The topological polar surface area (TPSA) is 57.0 Å². The molecule has 0 amide bonds. The number of nitrogens with zero attached hydrogens (tertiary/aromatic N) is 2. The molecule has 4 nitrogen and oxygen atoms in total. The fourth-order valence-electron chi connectivity index (χ4n) is 1.09. The monoisotopic (exact) mass is 163 g/mol. The zero-order valence-electron chi connectivity index (χ0n) is 6.47. The van der Waals surface area contributed by atoms with Gasteiger partial charge in [-0.25, -0.2) is 4.98 Å². The van der Waals surface area contributed by atoms with Gasteiger partial charge in [0.25, 0.3) is 0 Å². The highest BCUT2D eigenvalue weighted by Gasteiger charge is 2.03. The molecule has 0 aliphatic heterocycles. The van der Waals surface area contributed by atoms with E-state index in [4.69, 9.17) is 10.2 Å². The molecule has 2 aromatic heterocycles. The van der Waals surface area contributed by atoms with Crippen LogP contribution in [0.4, 0.5) is 0 Å². The lowest BCUT2D eigenvalue weighted by Gasteiger charge is -1.99. The van der Waals surface area contributed by atoms with E-state index in [0.717, 1.165) is 11.7 Å². The Balaban J connectivity index is 2.46. The van der Waals surface area contributed by atoms with E-state index < -0.39 is 0 Å². The maximum Gasteiger partial charge on any atom is 0.204 e. The number of rotatable bonds is 2. The van der Waals surface area contributed by atoms with Crippen LogP contribution < -0.4 is 5.73 Å². The van der Waals surface area contributed by atoms with Gasteiger partial charge in [-0.05, 0) is 6.07 Å². The van der Waals surface area contributed by atoms with Crippen molar-refractivity contribution in [3.05, 3.63) is 36.6 Å². The van der Waals surface area contributed by atoms with Crippen LogP contribution in [0.3, 0.4) is 0 Å². The van der Waals surface area contributed by atoms with Crippen molar-refractivity contribution in [2.45, 2.75) is 6.54 Å². The Labute approximate surface area is 69.6 Å². The third-order valence-corrected chi connectivity index (χ3v) is 1.64. The van der Waals surface area contributed by atoms with Crippen molar-refractivity contribution in [3.63, 3.8) is 0 Å². The SMILES string of the molecule is NCc1nccn1-c1ccco1. The molecule has 0 spiro atoms. The molecule has 0 aliphatic carbocycles. The van der Waals surface area contributed by atoms with Gasteiger partial charge in [0.05, 0.1) is 12.8 Å². The summed E-state index contributed by atoms with van der Waals surface area (Å²) in [5.74, 6) is 1.54. The highest BCUT2D eigenvalue weighted by molar-refractivity contribution is 5.20. The molecule has 2 rings (SSSR count). The van der Waals surface area contributed by atoms with Crippen LogP contribution in [0.15, 0.2) is 35.2 Å². The van der Waals surface area contributed by atoms with Crippen LogP contribution >= 0.6 is 0 Å². The second-order valence-electron chi connectivity index (χ2n) is 2.37. The second kappa shape index (κ2) is 2.83. The van der Waals surface area contributed by atoms with Gasteiger partial charge in [0.15, 0.2) is 0 Å². The van der Waals surface area contributed by atoms with E-state index >= 15 is 0 Å². The molecule has 4 heteroatoms. The van der Waals surface area contributed by atoms with E-state index in [1.807, 2.05) is 22.9 Å². The van der Waals surface area contributed by atoms with E-state index in [-0.39, 0.29) is 0 Å². The van der Waals surface area contributed by atoms with Crippen LogP contribution in [-0.4, -0.2) is 9.55 Å². The number of aromatic nitrogens is 2.